The van der Waals surface area contributed by atoms with Crippen molar-refractivity contribution >= 4 is 23.7 Å². The first-order valence-electron chi connectivity index (χ1n) is 6.04. The van der Waals surface area contributed by atoms with Gasteiger partial charge >= 0.3 is 6.03 Å². The lowest BCUT2D eigenvalue weighted by molar-refractivity contribution is 0.252. The molecule has 8 nitrogen and oxygen atoms in total. The number of carbonyl (C=O) groups is 1. The molecule has 0 aliphatic rings. The molecule has 2 amide bonds. The molecule has 0 radical (unpaired) electrons. The first kappa shape index (κ1) is 14.3. The minimum atomic E-state index is -0.306. The number of nitrogens with one attached hydrogen (secondary N) is 2. The van der Waals surface area contributed by atoms with Crippen LogP contribution in [0.4, 0.5) is 10.7 Å². The highest BCUT2D eigenvalue weighted by Crippen LogP contribution is 2.13. The van der Waals surface area contributed by atoms with E-state index in [0.29, 0.717) is 12.5 Å². The Hall–Kier alpha value is -2.16. The number of thioether (sulfide) groups is 1. The number of hydrogen-bond acceptors (Lipinski definition) is 6. The second-order valence-electron chi connectivity index (χ2n) is 3.88. The molecule has 20 heavy (non-hydrogen) atoms. The summed E-state index contributed by atoms with van der Waals surface area (Å²) in [5.74, 6) is 1.15. The lowest BCUT2D eigenvalue weighted by atomic mass is 10.5. The number of aromatic nitrogens is 5. The van der Waals surface area contributed by atoms with Gasteiger partial charge in [0.15, 0.2) is 5.16 Å². The van der Waals surface area contributed by atoms with Crippen LogP contribution in [0, 0.1) is 0 Å². The number of hydrogen-bond donors (Lipinski definition) is 2. The van der Waals surface area contributed by atoms with Crippen molar-refractivity contribution in [2.45, 2.75) is 11.6 Å². The number of anilines is 1. The Kier molecular flexibility index (Phi) is 5.30. The molecule has 0 aromatic carbocycles. The molecular weight excluding hydrogens is 278 g/mol. The summed E-state index contributed by atoms with van der Waals surface area (Å²) in [6.45, 7) is 0.573. The van der Waals surface area contributed by atoms with Crippen LogP contribution in [0.3, 0.4) is 0 Å². The maximum atomic E-state index is 11.5. The fourth-order valence-corrected chi connectivity index (χ4v) is 2.18. The minimum absolute atomic E-state index is 0.290. The van der Waals surface area contributed by atoms with E-state index < -0.39 is 0 Å². The normalized spacial score (nSPS) is 10.2. The second kappa shape index (κ2) is 7.43. The topological polar surface area (TPSA) is 97.6 Å². The van der Waals surface area contributed by atoms with Gasteiger partial charge in [-0.05, 0) is 12.5 Å². The monoisotopic (exact) mass is 293 g/mol. The highest BCUT2D eigenvalue weighted by Gasteiger charge is 2.03. The van der Waals surface area contributed by atoms with Crippen LogP contribution in [0.25, 0.3) is 0 Å². The van der Waals surface area contributed by atoms with E-state index in [-0.39, 0.29) is 6.03 Å². The molecule has 0 atom stereocenters. The van der Waals surface area contributed by atoms with E-state index in [1.54, 1.807) is 36.5 Å². The Labute approximate surface area is 120 Å². The first-order chi connectivity index (χ1) is 9.75. The first-order valence-corrected chi connectivity index (χ1v) is 7.03. The molecule has 0 unspecified atom stereocenters. The zero-order chi connectivity index (χ0) is 14.2. The van der Waals surface area contributed by atoms with Crippen LogP contribution in [0.15, 0.2) is 29.9 Å². The summed E-state index contributed by atoms with van der Waals surface area (Å²) in [4.78, 5) is 19.3. The van der Waals surface area contributed by atoms with Crippen molar-refractivity contribution in [2.24, 2.45) is 7.05 Å². The summed E-state index contributed by atoms with van der Waals surface area (Å²) in [5.41, 5.74) is 0. The quantitative estimate of drug-likeness (QED) is 0.607. The molecule has 0 bridgehead atoms. The van der Waals surface area contributed by atoms with Gasteiger partial charge < -0.3 is 9.88 Å². The fraction of sp³-hybridized carbons (Fsp3) is 0.364. The summed E-state index contributed by atoms with van der Waals surface area (Å²) in [6.07, 6.45) is 5.63. The van der Waals surface area contributed by atoms with Crippen LogP contribution >= 0.6 is 11.8 Å². The minimum Gasteiger partial charge on any atom is -0.338 e. The summed E-state index contributed by atoms with van der Waals surface area (Å²) >= 11 is 1.60. The molecule has 0 spiro atoms. The fourth-order valence-electron chi connectivity index (χ4n) is 1.35. The average Bonchev–Trinajstić information content (AvgIpc) is 2.85. The number of rotatable bonds is 6. The largest absolute Gasteiger partial charge is 0.338 e. The number of aryl methyl sites for hydroxylation is 1. The summed E-state index contributed by atoms with van der Waals surface area (Å²) < 4.78 is 1.86. The highest BCUT2D eigenvalue weighted by molar-refractivity contribution is 7.99. The van der Waals surface area contributed by atoms with Crippen LogP contribution in [0.1, 0.15) is 6.42 Å². The average molecular weight is 293 g/mol. The summed E-state index contributed by atoms with van der Waals surface area (Å²) in [5, 5.41) is 13.9. The van der Waals surface area contributed by atoms with Gasteiger partial charge in [0, 0.05) is 31.7 Å². The predicted octanol–water partition coefficient (Wildman–Crippen LogP) is 0.909. The van der Waals surface area contributed by atoms with Gasteiger partial charge in [0.25, 0.3) is 0 Å². The van der Waals surface area contributed by atoms with Gasteiger partial charge in [-0.3, -0.25) is 5.32 Å². The van der Waals surface area contributed by atoms with Crippen molar-refractivity contribution in [3.05, 3.63) is 24.8 Å². The van der Waals surface area contributed by atoms with E-state index >= 15 is 0 Å². The third-order valence-corrected chi connectivity index (χ3v) is 3.42. The van der Waals surface area contributed by atoms with Crippen molar-refractivity contribution in [3.8, 4) is 0 Å². The van der Waals surface area contributed by atoms with Crippen molar-refractivity contribution in [1.29, 1.82) is 0 Å². The zero-order valence-electron chi connectivity index (χ0n) is 11.0. The smallest absolute Gasteiger partial charge is 0.321 e. The summed E-state index contributed by atoms with van der Waals surface area (Å²) in [6, 6.07) is 1.38. The maximum Gasteiger partial charge on any atom is 0.321 e. The molecular formula is C11H15N7OS. The van der Waals surface area contributed by atoms with Gasteiger partial charge in [0.05, 0.1) is 0 Å². The SMILES string of the molecule is Cn1cnnc1SCCCNC(=O)Nc1ncccn1. The molecule has 106 valence electrons. The van der Waals surface area contributed by atoms with Gasteiger partial charge in [0.1, 0.15) is 6.33 Å². The number of amides is 2. The molecule has 9 heteroatoms. The van der Waals surface area contributed by atoms with Gasteiger partial charge in [-0.2, -0.15) is 0 Å². The third kappa shape index (κ3) is 4.50. The Morgan fingerprint density at radius 3 is 2.90 bits per heavy atom. The lowest BCUT2D eigenvalue weighted by Crippen LogP contribution is -2.30. The van der Waals surface area contributed by atoms with E-state index in [1.807, 2.05) is 11.6 Å². The standard InChI is InChI=1S/C11H15N7OS/c1-18-8-15-17-11(18)20-7-3-6-14-10(19)16-9-12-4-2-5-13-9/h2,4-5,8H,3,6-7H2,1H3,(H2,12,13,14,16,19). The van der Waals surface area contributed by atoms with E-state index in [2.05, 4.69) is 30.8 Å². The van der Waals surface area contributed by atoms with E-state index in [1.165, 1.54) is 0 Å². The third-order valence-electron chi connectivity index (χ3n) is 2.30. The van der Waals surface area contributed by atoms with Crippen LogP contribution in [0.5, 0.6) is 0 Å². The lowest BCUT2D eigenvalue weighted by Gasteiger charge is -2.05. The molecule has 2 aromatic heterocycles. The highest BCUT2D eigenvalue weighted by atomic mass is 32.2. The van der Waals surface area contributed by atoms with E-state index in [4.69, 9.17) is 0 Å². The molecule has 2 N–H and O–H groups in total. The molecule has 0 saturated carbocycles. The predicted molar refractivity (Wildman–Crippen MR) is 75.4 cm³/mol. The van der Waals surface area contributed by atoms with Crippen molar-refractivity contribution < 1.29 is 4.79 Å². The second-order valence-corrected chi connectivity index (χ2v) is 4.94. The number of carbonyl (C=O) groups excluding carboxylic acids is 1. The Morgan fingerprint density at radius 2 is 2.20 bits per heavy atom. The molecule has 2 rings (SSSR count). The van der Waals surface area contributed by atoms with Crippen LogP contribution in [0.2, 0.25) is 0 Å². The van der Waals surface area contributed by atoms with Crippen LogP contribution in [-0.4, -0.2) is 43.1 Å². The number of urea groups is 1. The zero-order valence-corrected chi connectivity index (χ0v) is 11.8. The molecule has 0 aliphatic heterocycles. The maximum absolute atomic E-state index is 11.5. The van der Waals surface area contributed by atoms with Crippen molar-refractivity contribution in [1.82, 2.24) is 30.0 Å². The Morgan fingerprint density at radius 1 is 1.40 bits per heavy atom. The molecule has 0 fully saturated rings. The van der Waals surface area contributed by atoms with E-state index in [9.17, 15) is 4.79 Å². The van der Waals surface area contributed by atoms with Crippen molar-refractivity contribution in [3.63, 3.8) is 0 Å². The molecule has 0 aliphatic carbocycles. The van der Waals surface area contributed by atoms with E-state index in [0.717, 1.165) is 17.3 Å². The Bertz CT molecular complexity index is 545. The van der Waals surface area contributed by atoms with Gasteiger partial charge in [-0.15, -0.1) is 10.2 Å². The number of nitrogens with zero attached hydrogens (tertiary/aromatic N) is 5. The Balaban J connectivity index is 1.59. The van der Waals surface area contributed by atoms with Crippen molar-refractivity contribution in [2.75, 3.05) is 17.6 Å². The van der Waals surface area contributed by atoms with Gasteiger partial charge in [-0.1, -0.05) is 11.8 Å². The van der Waals surface area contributed by atoms with Crippen LogP contribution in [-0.2, 0) is 7.05 Å². The summed E-state index contributed by atoms with van der Waals surface area (Å²) in [7, 11) is 1.90. The molecule has 2 heterocycles. The van der Waals surface area contributed by atoms with Gasteiger partial charge in [0.2, 0.25) is 5.95 Å². The van der Waals surface area contributed by atoms with Gasteiger partial charge in [-0.25, -0.2) is 14.8 Å². The molecule has 0 saturated heterocycles. The van der Waals surface area contributed by atoms with Crippen LogP contribution < -0.4 is 10.6 Å². The molecule has 2 aromatic rings.